The average Bonchev–Trinajstić information content (AvgIpc) is 3.75. The molecule has 0 atom stereocenters. The summed E-state index contributed by atoms with van der Waals surface area (Å²) < 4.78 is 4.91. The summed E-state index contributed by atoms with van der Waals surface area (Å²) >= 11 is 1.84. The van der Waals surface area contributed by atoms with E-state index in [1.165, 1.54) is 47.5 Å². The van der Waals surface area contributed by atoms with Crippen molar-refractivity contribution in [1.29, 1.82) is 0 Å². The summed E-state index contributed by atoms with van der Waals surface area (Å²) in [4.78, 5) is 13.0. The number of thiophene rings is 1. The molecule has 12 rings (SSSR count). The summed E-state index contributed by atoms with van der Waals surface area (Å²) in [5.74, 6) is 0.639. The third kappa shape index (κ3) is 5.06. The summed E-state index contributed by atoms with van der Waals surface area (Å²) in [5, 5.41) is 6.00. The quantitative estimate of drug-likeness (QED) is 0.180. The fourth-order valence-electron chi connectivity index (χ4n) is 8.69. The molecule has 0 amide bonds. The Morgan fingerprint density at radius 3 is 1.93 bits per heavy atom. The van der Waals surface area contributed by atoms with Crippen molar-refractivity contribution in [3.63, 3.8) is 0 Å². The number of hydrogen-bond donors (Lipinski definition) is 0. The van der Waals surface area contributed by atoms with Gasteiger partial charge in [-0.25, -0.2) is 9.97 Å². The summed E-state index contributed by atoms with van der Waals surface area (Å²) in [6, 6.07) is 65.2. The predicted molar refractivity (Wildman–Crippen MR) is 241 cm³/mol. The van der Waals surface area contributed by atoms with E-state index >= 15 is 0 Å². The Bertz CT molecular complexity index is 3410. The highest BCUT2D eigenvalue weighted by Gasteiger charge is 2.26. The molecule has 0 unspecified atom stereocenters. The Balaban J connectivity index is 1.08. The van der Waals surface area contributed by atoms with Crippen molar-refractivity contribution in [2.45, 2.75) is 0 Å². The molecule has 0 N–H and O–H groups in total. The topological polar surface area (TPSA) is 34.0 Å². The van der Waals surface area contributed by atoms with Gasteiger partial charge in [-0.15, -0.1) is 11.3 Å². The molecule has 11 aromatic rings. The molecule has 0 aliphatic carbocycles. The maximum atomic E-state index is 5.42. The normalized spacial score (nSPS) is 12.5. The van der Waals surface area contributed by atoms with E-state index in [1.807, 2.05) is 17.4 Å². The minimum atomic E-state index is 0.639. The van der Waals surface area contributed by atoms with Crippen LogP contribution in [0.4, 0.5) is 17.3 Å². The van der Waals surface area contributed by atoms with Gasteiger partial charge in [0.25, 0.3) is 0 Å². The summed E-state index contributed by atoms with van der Waals surface area (Å²) in [6.07, 6.45) is 4.52. The summed E-state index contributed by atoms with van der Waals surface area (Å²) in [6.45, 7) is 0. The Labute approximate surface area is 332 Å². The molecule has 8 aromatic carbocycles. The van der Waals surface area contributed by atoms with Crippen molar-refractivity contribution < 1.29 is 0 Å². The number of para-hydroxylation sites is 3. The van der Waals surface area contributed by atoms with Crippen LogP contribution in [0.5, 0.6) is 0 Å². The zero-order valence-electron chi connectivity index (χ0n) is 30.7. The van der Waals surface area contributed by atoms with Crippen LogP contribution < -0.4 is 4.90 Å². The average molecular weight is 745 g/mol. The fourth-order valence-corrected chi connectivity index (χ4v) is 9.82. The van der Waals surface area contributed by atoms with E-state index in [4.69, 9.17) is 9.97 Å². The van der Waals surface area contributed by atoms with Crippen LogP contribution in [0.3, 0.4) is 0 Å². The monoisotopic (exact) mass is 744 g/mol. The number of rotatable bonds is 4. The lowest BCUT2D eigenvalue weighted by atomic mass is 9.99. The fraction of sp³-hybridized carbons (Fsp3) is 0. The van der Waals surface area contributed by atoms with Crippen molar-refractivity contribution in [3.05, 3.63) is 193 Å². The van der Waals surface area contributed by atoms with Gasteiger partial charge in [-0.05, 0) is 83.4 Å². The van der Waals surface area contributed by atoms with Gasteiger partial charge in [-0.3, -0.25) is 4.90 Å². The van der Waals surface area contributed by atoms with E-state index in [-0.39, 0.29) is 0 Å². The van der Waals surface area contributed by atoms with Crippen LogP contribution in [-0.2, 0) is 0 Å². The standard InChI is InChI=1S/C52H32N4S/c1-3-13-33(14-4-1)51-41-19-7-10-20-44(41)53-52(54-51)56-45-27-25-34(29-36(45)23-24-37-31-50-43(32-48(37)56)40-18-9-12-22-49(40)57-50)35-26-28-47-42(30-35)39-17-8-11-21-46(39)55(47)38-15-5-2-6-16-38/h1-32H. The Hall–Kier alpha value is -7.34. The molecule has 0 spiro atoms. The Morgan fingerprint density at radius 1 is 0.404 bits per heavy atom. The van der Waals surface area contributed by atoms with E-state index in [9.17, 15) is 0 Å². The molecule has 266 valence electrons. The predicted octanol–water partition coefficient (Wildman–Crippen LogP) is 14.4. The molecule has 57 heavy (non-hydrogen) atoms. The molecule has 1 aliphatic heterocycles. The van der Waals surface area contributed by atoms with Crippen molar-refractivity contribution >= 4 is 93.7 Å². The number of fused-ring (bicyclic) bond motifs is 9. The van der Waals surface area contributed by atoms with E-state index in [1.54, 1.807) is 0 Å². The van der Waals surface area contributed by atoms with Crippen LogP contribution in [0.2, 0.25) is 0 Å². The zero-order valence-corrected chi connectivity index (χ0v) is 31.5. The third-order valence-electron chi connectivity index (χ3n) is 11.3. The molecule has 0 saturated carbocycles. The summed E-state index contributed by atoms with van der Waals surface area (Å²) in [5.41, 5.74) is 13.1. The van der Waals surface area contributed by atoms with E-state index in [0.29, 0.717) is 5.95 Å². The molecule has 0 bridgehead atoms. The number of aromatic nitrogens is 3. The second-order valence-corrected chi connectivity index (χ2v) is 15.7. The Kier molecular flexibility index (Phi) is 7.06. The van der Waals surface area contributed by atoms with Crippen molar-refractivity contribution in [2.75, 3.05) is 4.90 Å². The van der Waals surface area contributed by atoms with Crippen LogP contribution in [0.1, 0.15) is 11.1 Å². The first kappa shape index (κ1) is 32.0. The molecule has 3 aromatic heterocycles. The lowest BCUT2D eigenvalue weighted by Crippen LogP contribution is -2.15. The van der Waals surface area contributed by atoms with Crippen LogP contribution in [0.15, 0.2) is 182 Å². The van der Waals surface area contributed by atoms with Gasteiger partial charge in [0, 0.05) is 53.1 Å². The van der Waals surface area contributed by atoms with Gasteiger partial charge in [0.05, 0.1) is 33.6 Å². The van der Waals surface area contributed by atoms with Crippen LogP contribution >= 0.6 is 11.3 Å². The smallest absolute Gasteiger partial charge is 0.235 e. The molecular weight excluding hydrogens is 713 g/mol. The molecule has 0 radical (unpaired) electrons. The molecule has 1 aliphatic rings. The van der Waals surface area contributed by atoms with Gasteiger partial charge in [0.15, 0.2) is 0 Å². The van der Waals surface area contributed by atoms with Crippen LogP contribution in [0, 0.1) is 0 Å². The zero-order chi connectivity index (χ0) is 37.5. The van der Waals surface area contributed by atoms with Gasteiger partial charge in [0.1, 0.15) is 0 Å². The lowest BCUT2D eigenvalue weighted by Gasteiger charge is -2.26. The molecule has 4 nitrogen and oxygen atoms in total. The van der Waals surface area contributed by atoms with Crippen molar-refractivity contribution in [1.82, 2.24) is 14.5 Å². The number of nitrogens with zero attached hydrogens (tertiary/aromatic N) is 4. The molecule has 5 heteroatoms. The highest BCUT2D eigenvalue weighted by Crippen LogP contribution is 2.47. The molecule has 4 heterocycles. The maximum absolute atomic E-state index is 5.42. The van der Waals surface area contributed by atoms with Crippen molar-refractivity contribution in [2.24, 2.45) is 0 Å². The maximum Gasteiger partial charge on any atom is 0.235 e. The number of benzene rings is 8. The van der Waals surface area contributed by atoms with Gasteiger partial charge in [-0.2, -0.15) is 0 Å². The minimum Gasteiger partial charge on any atom is -0.309 e. The highest BCUT2D eigenvalue weighted by molar-refractivity contribution is 7.25. The van der Waals surface area contributed by atoms with Gasteiger partial charge < -0.3 is 4.57 Å². The van der Waals surface area contributed by atoms with Crippen LogP contribution in [-0.4, -0.2) is 14.5 Å². The van der Waals surface area contributed by atoms with E-state index in [2.05, 4.69) is 198 Å². The molecular formula is C52H32N4S. The van der Waals surface area contributed by atoms with E-state index in [0.717, 1.165) is 55.9 Å². The Morgan fingerprint density at radius 2 is 1.07 bits per heavy atom. The van der Waals surface area contributed by atoms with Gasteiger partial charge >= 0.3 is 0 Å². The number of anilines is 3. The first-order chi connectivity index (χ1) is 28.2. The number of hydrogen-bond acceptors (Lipinski definition) is 4. The van der Waals surface area contributed by atoms with E-state index < -0.39 is 0 Å². The third-order valence-corrected chi connectivity index (χ3v) is 12.5. The van der Waals surface area contributed by atoms with Crippen LogP contribution in [0.25, 0.3) is 93.1 Å². The highest BCUT2D eigenvalue weighted by atomic mass is 32.1. The van der Waals surface area contributed by atoms with Gasteiger partial charge in [0.2, 0.25) is 5.95 Å². The SMILES string of the molecule is C1=Cc2cc3sc4ccccc4c3cc2N(c2nc(-c3ccccc3)c3ccccc3n2)c2ccc(-c3ccc4c(c3)c3ccccc3n4-c3ccccc3)cc21. The molecule has 0 saturated heterocycles. The summed E-state index contributed by atoms with van der Waals surface area (Å²) in [7, 11) is 0. The van der Waals surface area contributed by atoms with Crippen molar-refractivity contribution in [3.8, 4) is 28.1 Å². The first-order valence-corrected chi connectivity index (χ1v) is 20.1. The second-order valence-electron chi connectivity index (χ2n) is 14.6. The lowest BCUT2D eigenvalue weighted by molar-refractivity contribution is 1.11. The minimum absolute atomic E-state index is 0.639. The molecule has 0 fully saturated rings. The second kappa shape index (κ2) is 12.6. The van der Waals surface area contributed by atoms with Gasteiger partial charge in [-0.1, -0.05) is 127 Å². The largest absolute Gasteiger partial charge is 0.309 e. The first-order valence-electron chi connectivity index (χ1n) is 19.2.